The SMILES string of the molecule is CN=C(NCCC(F)(F)F)NCc1cccc(C(=O)N2CCCCC2)c1.I. The van der Waals surface area contributed by atoms with Gasteiger partial charge in [0.15, 0.2) is 5.96 Å². The number of aliphatic imine (C=N–C) groups is 1. The third-order valence-corrected chi connectivity index (χ3v) is 4.20. The molecule has 2 N–H and O–H groups in total. The minimum Gasteiger partial charge on any atom is -0.356 e. The molecular formula is C18H26F3IN4O. The fourth-order valence-corrected chi connectivity index (χ4v) is 2.82. The molecule has 0 aliphatic carbocycles. The van der Waals surface area contributed by atoms with Crippen LogP contribution in [0.1, 0.15) is 41.6 Å². The summed E-state index contributed by atoms with van der Waals surface area (Å²) in [5.41, 5.74) is 1.50. The van der Waals surface area contributed by atoms with Gasteiger partial charge in [-0.25, -0.2) is 0 Å². The second-order valence-corrected chi connectivity index (χ2v) is 6.27. The summed E-state index contributed by atoms with van der Waals surface area (Å²) in [5, 5.41) is 5.59. The Labute approximate surface area is 174 Å². The summed E-state index contributed by atoms with van der Waals surface area (Å²) >= 11 is 0. The molecule has 0 atom stereocenters. The van der Waals surface area contributed by atoms with E-state index in [2.05, 4.69) is 15.6 Å². The number of amides is 1. The number of piperidine rings is 1. The van der Waals surface area contributed by atoms with Gasteiger partial charge in [-0.05, 0) is 37.0 Å². The predicted octanol–water partition coefficient (Wildman–Crippen LogP) is 3.55. The molecule has 27 heavy (non-hydrogen) atoms. The first-order valence-corrected chi connectivity index (χ1v) is 8.78. The molecule has 0 saturated carbocycles. The number of likely N-dealkylation sites (tertiary alicyclic amines) is 1. The minimum atomic E-state index is -4.20. The van der Waals surface area contributed by atoms with E-state index in [1.165, 1.54) is 7.05 Å². The number of rotatable bonds is 5. The number of guanidine groups is 1. The Balaban J connectivity index is 0.00000364. The number of nitrogens with one attached hydrogen (secondary N) is 2. The van der Waals surface area contributed by atoms with Crippen LogP contribution in [0.15, 0.2) is 29.3 Å². The Hall–Kier alpha value is -1.52. The Kier molecular flexibility index (Phi) is 9.89. The molecule has 1 aromatic carbocycles. The van der Waals surface area contributed by atoms with Crippen LogP contribution >= 0.6 is 24.0 Å². The van der Waals surface area contributed by atoms with Crippen molar-refractivity contribution >= 4 is 35.8 Å². The van der Waals surface area contributed by atoms with Crippen LogP contribution in [0.2, 0.25) is 0 Å². The first-order chi connectivity index (χ1) is 12.4. The lowest BCUT2D eigenvalue weighted by Gasteiger charge is -2.26. The maximum atomic E-state index is 12.5. The fraction of sp³-hybridized carbons (Fsp3) is 0.556. The fourth-order valence-electron chi connectivity index (χ4n) is 2.82. The number of alkyl halides is 3. The monoisotopic (exact) mass is 498 g/mol. The van der Waals surface area contributed by atoms with Crippen molar-refractivity contribution in [1.82, 2.24) is 15.5 Å². The number of carbonyl (C=O) groups excluding carboxylic acids is 1. The Bertz CT molecular complexity index is 631. The molecule has 1 saturated heterocycles. The van der Waals surface area contributed by atoms with Crippen molar-refractivity contribution in [3.63, 3.8) is 0 Å². The highest BCUT2D eigenvalue weighted by Gasteiger charge is 2.26. The van der Waals surface area contributed by atoms with Gasteiger partial charge in [-0.2, -0.15) is 13.2 Å². The van der Waals surface area contributed by atoms with E-state index in [1.807, 2.05) is 23.1 Å². The summed E-state index contributed by atoms with van der Waals surface area (Å²) in [4.78, 5) is 18.3. The first kappa shape index (κ1) is 23.5. The summed E-state index contributed by atoms with van der Waals surface area (Å²) in [7, 11) is 1.50. The standard InChI is InChI=1S/C18H25F3N4O.HI/c1-22-17(23-9-8-18(19,20)21)24-13-14-6-5-7-15(12-14)16(26)25-10-3-2-4-11-25;/h5-7,12H,2-4,8-11,13H2,1H3,(H2,22,23,24);1H. The summed E-state index contributed by atoms with van der Waals surface area (Å²) in [6.45, 7) is 1.71. The lowest BCUT2D eigenvalue weighted by molar-refractivity contribution is -0.132. The molecule has 1 amide bonds. The molecule has 0 spiro atoms. The molecule has 1 heterocycles. The molecule has 0 aromatic heterocycles. The molecule has 0 radical (unpaired) electrons. The highest BCUT2D eigenvalue weighted by molar-refractivity contribution is 14.0. The summed E-state index contributed by atoms with van der Waals surface area (Å²) in [5.74, 6) is 0.321. The summed E-state index contributed by atoms with van der Waals surface area (Å²) < 4.78 is 36.6. The van der Waals surface area contributed by atoms with Gasteiger partial charge < -0.3 is 15.5 Å². The largest absolute Gasteiger partial charge is 0.390 e. The van der Waals surface area contributed by atoms with E-state index < -0.39 is 12.6 Å². The van der Waals surface area contributed by atoms with Crippen LogP contribution < -0.4 is 10.6 Å². The van der Waals surface area contributed by atoms with Gasteiger partial charge in [0.1, 0.15) is 0 Å². The lowest BCUT2D eigenvalue weighted by Crippen LogP contribution is -2.38. The van der Waals surface area contributed by atoms with E-state index in [-0.39, 0.29) is 36.4 Å². The average molecular weight is 498 g/mol. The number of hydrogen-bond donors (Lipinski definition) is 2. The quantitative estimate of drug-likeness (QED) is 0.371. The summed E-state index contributed by atoms with van der Waals surface area (Å²) in [6, 6.07) is 7.28. The number of hydrogen-bond acceptors (Lipinski definition) is 2. The van der Waals surface area contributed by atoms with E-state index >= 15 is 0 Å². The second kappa shape index (κ2) is 11.4. The topological polar surface area (TPSA) is 56.7 Å². The molecule has 1 fully saturated rings. The third kappa shape index (κ3) is 8.35. The van der Waals surface area contributed by atoms with Gasteiger partial charge in [0.25, 0.3) is 5.91 Å². The first-order valence-electron chi connectivity index (χ1n) is 8.78. The Morgan fingerprint density at radius 3 is 2.52 bits per heavy atom. The van der Waals surface area contributed by atoms with Crippen molar-refractivity contribution in [3.8, 4) is 0 Å². The van der Waals surface area contributed by atoms with E-state index in [1.54, 1.807) is 6.07 Å². The molecule has 9 heteroatoms. The summed E-state index contributed by atoms with van der Waals surface area (Å²) in [6.07, 6.45) is -1.89. The van der Waals surface area contributed by atoms with Crippen LogP contribution in [0.4, 0.5) is 13.2 Å². The van der Waals surface area contributed by atoms with Gasteiger partial charge in [0.2, 0.25) is 0 Å². The number of halogens is 4. The minimum absolute atomic E-state index is 0. The molecule has 0 bridgehead atoms. The average Bonchev–Trinajstić information content (AvgIpc) is 2.64. The normalized spacial score (nSPS) is 15.1. The second-order valence-electron chi connectivity index (χ2n) is 6.27. The zero-order valence-electron chi connectivity index (χ0n) is 15.3. The maximum Gasteiger partial charge on any atom is 0.390 e. The highest BCUT2D eigenvalue weighted by Crippen LogP contribution is 2.18. The van der Waals surface area contributed by atoms with Gasteiger partial charge in [0.05, 0.1) is 6.42 Å². The van der Waals surface area contributed by atoms with E-state index in [0.29, 0.717) is 18.1 Å². The van der Waals surface area contributed by atoms with Crippen LogP contribution in [-0.2, 0) is 6.54 Å². The van der Waals surface area contributed by atoms with E-state index in [9.17, 15) is 18.0 Å². The molecule has 1 aliphatic rings. The molecule has 0 unspecified atom stereocenters. The van der Waals surface area contributed by atoms with Crippen molar-refractivity contribution in [2.24, 2.45) is 4.99 Å². The maximum absolute atomic E-state index is 12.5. The van der Waals surface area contributed by atoms with Crippen molar-refractivity contribution in [2.75, 3.05) is 26.7 Å². The lowest BCUT2D eigenvalue weighted by atomic mass is 10.1. The van der Waals surface area contributed by atoms with Gasteiger partial charge in [0, 0.05) is 38.8 Å². The Morgan fingerprint density at radius 1 is 1.19 bits per heavy atom. The van der Waals surface area contributed by atoms with Crippen LogP contribution in [0, 0.1) is 0 Å². The van der Waals surface area contributed by atoms with Crippen molar-refractivity contribution in [1.29, 1.82) is 0 Å². The molecule has 2 rings (SSSR count). The molecular weight excluding hydrogens is 472 g/mol. The van der Waals surface area contributed by atoms with Crippen LogP contribution in [-0.4, -0.2) is 49.6 Å². The Morgan fingerprint density at radius 2 is 1.89 bits per heavy atom. The van der Waals surface area contributed by atoms with E-state index in [0.717, 1.165) is 37.9 Å². The van der Waals surface area contributed by atoms with Gasteiger partial charge in [-0.1, -0.05) is 12.1 Å². The molecule has 1 aromatic rings. The van der Waals surface area contributed by atoms with Gasteiger partial charge in [-0.15, -0.1) is 24.0 Å². The zero-order chi connectivity index (χ0) is 19.0. The van der Waals surface area contributed by atoms with Crippen molar-refractivity contribution < 1.29 is 18.0 Å². The molecule has 5 nitrogen and oxygen atoms in total. The predicted molar refractivity (Wildman–Crippen MR) is 110 cm³/mol. The van der Waals surface area contributed by atoms with Crippen LogP contribution in [0.5, 0.6) is 0 Å². The van der Waals surface area contributed by atoms with E-state index in [4.69, 9.17) is 0 Å². The molecule has 1 aliphatic heterocycles. The van der Waals surface area contributed by atoms with Crippen molar-refractivity contribution in [3.05, 3.63) is 35.4 Å². The van der Waals surface area contributed by atoms with Crippen molar-refractivity contribution in [2.45, 2.75) is 38.4 Å². The van der Waals surface area contributed by atoms with Gasteiger partial charge >= 0.3 is 6.18 Å². The zero-order valence-corrected chi connectivity index (χ0v) is 17.6. The third-order valence-electron chi connectivity index (χ3n) is 4.20. The van der Waals surface area contributed by atoms with Gasteiger partial charge in [-0.3, -0.25) is 9.79 Å². The number of nitrogens with zero attached hydrogens (tertiary/aromatic N) is 2. The van der Waals surface area contributed by atoms with Crippen LogP contribution in [0.25, 0.3) is 0 Å². The molecule has 152 valence electrons. The number of carbonyl (C=O) groups is 1. The smallest absolute Gasteiger partial charge is 0.356 e. The highest BCUT2D eigenvalue weighted by atomic mass is 127. The van der Waals surface area contributed by atoms with Crippen LogP contribution in [0.3, 0.4) is 0 Å². The number of benzene rings is 1.